The number of carbonyl (C=O) groups excluding carboxylic acids is 1. The standard InChI is InChI=1S/C15H21FN2O2/c1-15(2,3)20-14(19)18-8-11(9-18)13(17)10-4-6-12(16)7-5-10/h4-7,11,13H,8-9,17H2,1-3H3. The predicted octanol–water partition coefficient (Wildman–Crippen LogP) is 2.69. The molecular weight excluding hydrogens is 259 g/mol. The van der Waals surface area contributed by atoms with Gasteiger partial charge in [-0.2, -0.15) is 0 Å². The van der Waals surface area contributed by atoms with Crippen molar-refractivity contribution in [2.75, 3.05) is 13.1 Å². The predicted molar refractivity (Wildman–Crippen MR) is 74.6 cm³/mol. The summed E-state index contributed by atoms with van der Waals surface area (Å²) in [4.78, 5) is 13.4. The van der Waals surface area contributed by atoms with Crippen molar-refractivity contribution in [3.05, 3.63) is 35.6 Å². The normalized spacial score (nSPS) is 17.6. The average Bonchev–Trinajstić information content (AvgIpc) is 2.25. The van der Waals surface area contributed by atoms with Crippen molar-refractivity contribution in [2.24, 2.45) is 11.7 Å². The zero-order chi connectivity index (χ0) is 14.9. The first-order chi connectivity index (χ1) is 9.26. The average molecular weight is 280 g/mol. The van der Waals surface area contributed by atoms with E-state index >= 15 is 0 Å². The van der Waals surface area contributed by atoms with E-state index in [2.05, 4.69) is 0 Å². The van der Waals surface area contributed by atoms with Gasteiger partial charge >= 0.3 is 6.09 Å². The number of ether oxygens (including phenoxy) is 1. The van der Waals surface area contributed by atoms with Crippen molar-refractivity contribution in [3.8, 4) is 0 Å². The number of benzene rings is 1. The van der Waals surface area contributed by atoms with Crippen LogP contribution in [0.25, 0.3) is 0 Å². The molecule has 1 unspecified atom stereocenters. The number of rotatable bonds is 2. The summed E-state index contributed by atoms with van der Waals surface area (Å²) in [5.74, 6) is -0.0853. The van der Waals surface area contributed by atoms with Gasteiger partial charge in [0, 0.05) is 25.0 Å². The summed E-state index contributed by atoms with van der Waals surface area (Å²) in [5.41, 5.74) is 6.54. The minimum absolute atomic E-state index is 0.186. The summed E-state index contributed by atoms with van der Waals surface area (Å²) in [7, 11) is 0. The number of amides is 1. The SMILES string of the molecule is CC(C)(C)OC(=O)N1CC(C(N)c2ccc(F)cc2)C1. The maximum atomic E-state index is 12.9. The van der Waals surface area contributed by atoms with Crippen LogP contribution in [0.4, 0.5) is 9.18 Å². The highest BCUT2D eigenvalue weighted by atomic mass is 19.1. The van der Waals surface area contributed by atoms with Crippen LogP contribution in [0.15, 0.2) is 24.3 Å². The molecule has 1 fully saturated rings. The Balaban J connectivity index is 1.87. The van der Waals surface area contributed by atoms with Gasteiger partial charge in [0.15, 0.2) is 0 Å². The number of halogens is 1. The Kier molecular flexibility index (Phi) is 3.99. The van der Waals surface area contributed by atoms with Gasteiger partial charge in [-0.05, 0) is 38.5 Å². The van der Waals surface area contributed by atoms with E-state index in [-0.39, 0.29) is 23.9 Å². The van der Waals surface area contributed by atoms with Gasteiger partial charge in [0.2, 0.25) is 0 Å². The molecule has 110 valence electrons. The fourth-order valence-electron chi connectivity index (χ4n) is 2.17. The van der Waals surface area contributed by atoms with Gasteiger partial charge < -0.3 is 15.4 Å². The molecule has 1 aliphatic heterocycles. The monoisotopic (exact) mass is 280 g/mol. The quantitative estimate of drug-likeness (QED) is 0.906. The Bertz CT molecular complexity index is 476. The number of nitrogens with two attached hydrogens (primary N) is 1. The molecule has 0 aliphatic carbocycles. The molecule has 2 rings (SSSR count). The molecule has 20 heavy (non-hydrogen) atoms. The van der Waals surface area contributed by atoms with Crippen molar-refractivity contribution < 1.29 is 13.9 Å². The van der Waals surface area contributed by atoms with Gasteiger partial charge in [-0.1, -0.05) is 12.1 Å². The molecule has 4 nitrogen and oxygen atoms in total. The first-order valence-corrected chi connectivity index (χ1v) is 6.75. The number of hydrogen-bond donors (Lipinski definition) is 1. The summed E-state index contributed by atoms with van der Waals surface area (Å²) in [5, 5.41) is 0. The fraction of sp³-hybridized carbons (Fsp3) is 0.533. The molecule has 1 aromatic rings. The van der Waals surface area contributed by atoms with Crippen LogP contribution >= 0.6 is 0 Å². The lowest BCUT2D eigenvalue weighted by molar-refractivity contribution is -0.00477. The van der Waals surface area contributed by atoms with E-state index in [1.54, 1.807) is 17.0 Å². The first kappa shape index (κ1) is 14.8. The maximum Gasteiger partial charge on any atom is 0.410 e. The van der Waals surface area contributed by atoms with Crippen LogP contribution in [0.5, 0.6) is 0 Å². The highest BCUT2D eigenvalue weighted by Gasteiger charge is 2.37. The highest BCUT2D eigenvalue weighted by Crippen LogP contribution is 2.29. The number of hydrogen-bond acceptors (Lipinski definition) is 3. The molecule has 0 radical (unpaired) electrons. The van der Waals surface area contributed by atoms with E-state index in [1.165, 1.54) is 12.1 Å². The van der Waals surface area contributed by atoms with Crippen LogP contribution < -0.4 is 5.73 Å². The molecular formula is C15H21FN2O2. The summed E-state index contributed by atoms with van der Waals surface area (Å²) in [6.45, 7) is 6.67. The smallest absolute Gasteiger partial charge is 0.410 e. The molecule has 0 spiro atoms. The molecule has 5 heteroatoms. The molecule has 0 aromatic heterocycles. The van der Waals surface area contributed by atoms with Crippen LogP contribution in [0, 0.1) is 11.7 Å². The molecule has 2 N–H and O–H groups in total. The molecule has 1 aromatic carbocycles. The van der Waals surface area contributed by atoms with Gasteiger partial charge in [-0.3, -0.25) is 0 Å². The summed E-state index contributed by atoms with van der Waals surface area (Å²) >= 11 is 0. The number of carbonyl (C=O) groups is 1. The second-order valence-electron chi connectivity index (χ2n) is 6.22. The maximum absolute atomic E-state index is 12.9. The van der Waals surface area contributed by atoms with Crippen LogP contribution in [0.2, 0.25) is 0 Å². The van der Waals surface area contributed by atoms with E-state index in [0.717, 1.165) is 5.56 Å². The van der Waals surface area contributed by atoms with Gasteiger partial charge in [0.25, 0.3) is 0 Å². The molecule has 1 amide bonds. The first-order valence-electron chi connectivity index (χ1n) is 6.75. The third kappa shape index (κ3) is 3.48. The minimum Gasteiger partial charge on any atom is -0.444 e. The largest absolute Gasteiger partial charge is 0.444 e. The third-order valence-corrected chi connectivity index (χ3v) is 3.32. The van der Waals surface area contributed by atoms with Gasteiger partial charge in [0.05, 0.1) is 0 Å². The van der Waals surface area contributed by atoms with Gasteiger partial charge in [-0.15, -0.1) is 0 Å². The van der Waals surface area contributed by atoms with Crippen molar-refractivity contribution >= 4 is 6.09 Å². The summed E-state index contributed by atoms with van der Waals surface area (Å²) < 4.78 is 18.1. The Morgan fingerprint density at radius 1 is 1.35 bits per heavy atom. The molecule has 1 atom stereocenters. The van der Waals surface area contributed by atoms with E-state index in [0.29, 0.717) is 13.1 Å². The highest BCUT2D eigenvalue weighted by molar-refractivity contribution is 5.69. The minimum atomic E-state index is -0.485. The van der Waals surface area contributed by atoms with E-state index in [9.17, 15) is 9.18 Å². The van der Waals surface area contributed by atoms with Gasteiger partial charge in [0.1, 0.15) is 11.4 Å². The molecule has 1 saturated heterocycles. The van der Waals surface area contributed by atoms with Gasteiger partial charge in [-0.25, -0.2) is 9.18 Å². The second kappa shape index (κ2) is 5.40. The lowest BCUT2D eigenvalue weighted by Crippen LogP contribution is -2.54. The van der Waals surface area contributed by atoms with Crippen molar-refractivity contribution in [1.82, 2.24) is 4.90 Å². The zero-order valence-electron chi connectivity index (χ0n) is 12.1. The Hall–Kier alpha value is -1.62. The molecule has 0 saturated carbocycles. The lowest BCUT2D eigenvalue weighted by atomic mass is 9.88. The molecule has 0 bridgehead atoms. The van der Waals surface area contributed by atoms with Crippen molar-refractivity contribution in [3.63, 3.8) is 0 Å². The van der Waals surface area contributed by atoms with E-state index in [1.807, 2.05) is 20.8 Å². The summed E-state index contributed by atoms with van der Waals surface area (Å²) in [6, 6.07) is 6.00. The van der Waals surface area contributed by atoms with Crippen LogP contribution in [0.1, 0.15) is 32.4 Å². The van der Waals surface area contributed by atoms with Crippen molar-refractivity contribution in [1.29, 1.82) is 0 Å². The fourth-order valence-corrected chi connectivity index (χ4v) is 2.17. The Morgan fingerprint density at radius 2 is 1.90 bits per heavy atom. The van der Waals surface area contributed by atoms with Crippen LogP contribution in [0.3, 0.4) is 0 Å². The topological polar surface area (TPSA) is 55.6 Å². The zero-order valence-corrected chi connectivity index (χ0v) is 12.1. The lowest BCUT2D eigenvalue weighted by Gasteiger charge is -2.42. The second-order valence-corrected chi connectivity index (χ2v) is 6.22. The van der Waals surface area contributed by atoms with Crippen LogP contribution in [-0.4, -0.2) is 29.7 Å². The Morgan fingerprint density at radius 3 is 2.40 bits per heavy atom. The molecule has 1 heterocycles. The summed E-state index contributed by atoms with van der Waals surface area (Å²) in [6.07, 6.45) is -0.306. The number of likely N-dealkylation sites (tertiary alicyclic amines) is 1. The molecule has 1 aliphatic rings. The van der Waals surface area contributed by atoms with Crippen molar-refractivity contribution in [2.45, 2.75) is 32.4 Å². The van der Waals surface area contributed by atoms with E-state index in [4.69, 9.17) is 10.5 Å². The third-order valence-electron chi connectivity index (χ3n) is 3.32. The van der Waals surface area contributed by atoms with E-state index < -0.39 is 5.60 Å². The number of nitrogens with zero attached hydrogens (tertiary/aromatic N) is 1. The Labute approximate surface area is 118 Å². The van der Waals surface area contributed by atoms with Crippen LogP contribution in [-0.2, 0) is 4.74 Å².